The average molecular weight is 247 g/mol. The van der Waals surface area contributed by atoms with Crippen LogP contribution in [0.4, 0.5) is 5.69 Å². The van der Waals surface area contributed by atoms with Crippen LogP contribution in [0.5, 0.6) is 0 Å². The van der Waals surface area contributed by atoms with E-state index in [4.69, 9.17) is 0 Å². The number of benzene rings is 1. The molecule has 0 heterocycles. The number of anilines is 1. The normalized spacial score (nSPS) is 12.2. The summed E-state index contributed by atoms with van der Waals surface area (Å²) in [6.07, 6.45) is 5.31. The molecule has 0 spiro atoms. The first kappa shape index (κ1) is 14.7. The van der Waals surface area contributed by atoms with Crippen LogP contribution in [0.1, 0.15) is 46.0 Å². The van der Waals surface area contributed by atoms with Crippen molar-refractivity contribution in [2.45, 2.75) is 46.0 Å². The predicted octanol–water partition coefficient (Wildman–Crippen LogP) is 4.26. The molecular weight excluding hydrogens is 222 g/mol. The molecule has 0 N–H and O–H groups in total. The topological polar surface area (TPSA) is 20.3 Å². The molecule has 0 radical (unpaired) electrons. The van der Waals surface area contributed by atoms with E-state index in [1.165, 1.54) is 12.8 Å². The Morgan fingerprint density at radius 3 is 2.50 bits per heavy atom. The largest absolute Gasteiger partial charge is 0.316 e. The fraction of sp³-hybridized carbons (Fsp3) is 0.562. The summed E-state index contributed by atoms with van der Waals surface area (Å²) in [7, 11) is 1.85. The second-order valence-corrected chi connectivity index (χ2v) is 5.07. The van der Waals surface area contributed by atoms with E-state index < -0.39 is 0 Å². The zero-order chi connectivity index (χ0) is 13.4. The fourth-order valence-electron chi connectivity index (χ4n) is 2.20. The Kier molecular flexibility index (Phi) is 6.48. The molecule has 0 saturated carbocycles. The summed E-state index contributed by atoms with van der Waals surface area (Å²) in [5.41, 5.74) is 0.976. The molecule has 0 aromatic heterocycles. The van der Waals surface area contributed by atoms with Crippen molar-refractivity contribution < 1.29 is 4.79 Å². The molecule has 18 heavy (non-hydrogen) atoms. The zero-order valence-electron chi connectivity index (χ0n) is 11.9. The van der Waals surface area contributed by atoms with Gasteiger partial charge in [0, 0.05) is 19.2 Å². The highest BCUT2D eigenvalue weighted by Gasteiger charge is 2.10. The lowest BCUT2D eigenvalue weighted by atomic mass is 9.99. The van der Waals surface area contributed by atoms with Gasteiger partial charge in [0.05, 0.1) is 0 Å². The summed E-state index contributed by atoms with van der Waals surface area (Å²) >= 11 is 0. The summed E-state index contributed by atoms with van der Waals surface area (Å²) < 4.78 is 0. The van der Waals surface area contributed by atoms with Crippen molar-refractivity contribution in [2.24, 2.45) is 5.92 Å². The number of hydrogen-bond acceptors (Lipinski definition) is 1. The van der Waals surface area contributed by atoms with E-state index in [9.17, 15) is 4.79 Å². The van der Waals surface area contributed by atoms with E-state index in [2.05, 4.69) is 13.8 Å². The van der Waals surface area contributed by atoms with Crippen LogP contribution in [0.15, 0.2) is 30.3 Å². The van der Waals surface area contributed by atoms with E-state index in [0.717, 1.165) is 24.4 Å². The smallest absolute Gasteiger partial charge is 0.226 e. The number of carbonyl (C=O) groups excluding carboxylic acids is 1. The third-order valence-electron chi connectivity index (χ3n) is 3.39. The lowest BCUT2D eigenvalue weighted by Crippen LogP contribution is -2.25. The van der Waals surface area contributed by atoms with Crippen LogP contribution >= 0.6 is 0 Å². The third kappa shape index (κ3) is 4.91. The fourth-order valence-corrected chi connectivity index (χ4v) is 2.20. The SMILES string of the molecule is CCCC(C)CCCC(=O)N(C)c1ccccc1. The maximum Gasteiger partial charge on any atom is 0.226 e. The number of rotatable bonds is 7. The van der Waals surface area contributed by atoms with Crippen molar-refractivity contribution in [1.29, 1.82) is 0 Å². The number of para-hydroxylation sites is 1. The van der Waals surface area contributed by atoms with Gasteiger partial charge in [-0.1, -0.05) is 51.3 Å². The standard InChI is InChI=1S/C16H25NO/c1-4-9-14(2)10-8-13-16(18)17(3)15-11-6-5-7-12-15/h5-7,11-12,14H,4,8-10,13H2,1-3H3. The summed E-state index contributed by atoms with van der Waals surface area (Å²) in [5.74, 6) is 0.953. The molecule has 100 valence electrons. The van der Waals surface area contributed by atoms with Crippen molar-refractivity contribution in [1.82, 2.24) is 0 Å². The quantitative estimate of drug-likeness (QED) is 0.705. The van der Waals surface area contributed by atoms with Gasteiger partial charge < -0.3 is 4.90 Å². The highest BCUT2D eigenvalue weighted by atomic mass is 16.2. The van der Waals surface area contributed by atoms with E-state index in [-0.39, 0.29) is 5.91 Å². The minimum atomic E-state index is 0.213. The summed E-state index contributed by atoms with van der Waals surface area (Å²) in [6, 6.07) is 9.83. The maximum absolute atomic E-state index is 12.0. The number of hydrogen-bond donors (Lipinski definition) is 0. The maximum atomic E-state index is 12.0. The summed E-state index contributed by atoms with van der Waals surface area (Å²) in [4.78, 5) is 13.8. The number of carbonyl (C=O) groups is 1. The Hall–Kier alpha value is -1.31. The van der Waals surface area contributed by atoms with Crippen LogP contribution in [0.2, 0.25) is 0 Å². The van der Waals surface area contributed by atoms with Crippen molar-refractivity contribution in [2.75, 3.05) is 11.9 Å². The third-order valence-corrected chi connectivity index (χ3v) is 3.39. The molecule has 0 fully saturated rings. The van der Waals surface area contributed by atoms with Crippen molar-refractivity contribution in [3.8, 4) is 0 Å². The van der Waals surface area contributed by atoms with E-state index in [1.807, 2.05) is 37.4 Å². The average Bonchev–Trinajstić information content (AvgIpc) is 2.39. The molecule has 1 rings (SSSR count). The second kappa shape index (κ2) is 7.91. The number of amides is 1. The van der Waals surface area contributed by atoms with E-state index in [1.54, 1.807) is 4.90 Å². The molecule has 1 aromatic carbocycles. The Balaban J connectivity index is 2.33. The van der Waals surface area contributed by atoms with Crippen LogP contribution in [0, 0.1) is 5.92 Å². The summed E-state index contributed by atoms with van der Waals surface area (Å²) in [6.45, 7) is 4.49. The van der Waals surface area contributed by atoms with Gasteiger partial charge in [-0.15, -0.1) is 0 Å². The van der Waals surface area contributed by atoms with Gasteiger partial charge in [-0.25, -0.2) is 0 Å². The van der Waals surface area contributed by atoms with Gasteiger partial charge in [0.15, 0.2) is 0 Å². The molecule has 1 amide bonds. The minimum Gasteiger partial charge on any atom is -0.316 e. The first-order chi connectivity index (χ1) is 8.65. The van der Waals surface area contributed by atoms with Gasteiger partial charge >= 0.3 is 0 Å². The van der Waals surface area contributed by atoms with Crippen LogP contribution in [-0.4, -0.2) is 13.0 Å². The first-order valence-electron chi connectivity index (χ1n) is 6.96. The first-order valence-corrected chi connectivity index (χ1v) is 6.96. The Bertz CT molecular complexity index is 347. The van der Waals surface area contributed by atoms with Crippen molar-refractivity contribution in [3.63, 3.8) is 0 Å². The molecule has 1 unspecified atom stereocenters. The predicted molar refractivity (Wildman–Crippen MR) is 77.8 cm³/mol. The molecule has 0 aliphatic heterocycles. The minimum absolute atomic E-state index is 0.213. The van der Waals surface area contributed by atoms with E-state index >= 15 is 0 Å². The highest BCUT2D eigenvalue weighted by Crippen LogP contribution is 2.16. The van der Waals surface area contributed by atoms with Crippen molar-refractivity contribution in [3.05, 3.63) is 30.3 Å². The molecule has 1 aromatic rings. The molecule has 2 heteroatoms. The number of nitrogens with zero attached hydrogens (tertiary/aromatic N) is 1. The zero-order valence-corrected chi connectivity index (χ0v) is 11.9. The van der Waals surface area contributed by atoms with Gasteiger partial charge in [0.2, 0.25) is 5.91 Å². The monoisotopic (exact) mass is 247 g/mol. The lowest BCUT2D eigenvalue weighted by Gasteiger charge is -2.17. The Labute approximate surface area is 111 Å². The van der Waals surface area contributed by atoms with Gasteiger partial charge in [-0.05, 0) is 24.5 Å². The van der Waals surface area contributed by atoms with Gasteiger partial charge in [-0.2, -0.15) is 0 Å². The Morgan fingerprint density at radius 2 is 1.89 bits per heavy atom. The highest BCUT2D eigenvalue weighted by molar-refractivity contribution is 5.92. The Morgan fingerprint density at radius 1 is 1.22 bits per heavy atom. The molecule has 0 saturated heterocycles. The van der Waals surface area contributed by atoms with Gasteiger partial charge in [-0.3, -0.25) is 4.79 Å². The molecule has 2 nitrogen and oxygen atoms in total. The van der Waals surface area contributed by atoms with Crippen LogP contribution in [0.25, 0.3) is 0 Å². The molecule has 0 aliphatic rings. The van der Waals surface area contributed by atoms with Crippen LogP contribution in [0.3, 0.4) is 0 Å². The molecular formula is C16H25NO. The second-order valence-electron chi connectivity index (χ2n) is 5.07. The molecule has 1 atom stereocenters. The van der Waals surface area contributed by atoms with Crippen molar-refractivity contribution >= 4 is 11.6 Å². The summed E-state index contributed by atoms with van der Waals surface area (Å²) in [5, 5.41) is 0. The van der Waals surface area contributed by atoms with E-state index in [0.29, 0.717) is 6.42 Å². The van der Waals surface area contributed by atoms with Crippen LogP contribution in [-0.2, 0) is 4.79 Å². The van der Waals surface area contributed by atoms with Gasteiger partial charge in [0.25, 0.3) is 0 Å². The molecule has 0 aliphatic carbocycles. The van der Waals surface area contributed by atoms with Crippen LogP contribution < -0.4 is 4.90 Å². The molecule has 0 bridgehead atoms. The lowest BCUT2D eigenvalue weighted by molar-refractivity contribution is -0.118. The van der Waals surface area contributed by atoms with Gasteiger partial charge in [0.1, 0.15) is 0 Å².